The highest BCUT2D eigenvalue weighted by Gasteiger charge is 2.45. The monoisotopic (exact) mass is 1410 g/mol. The van der Waals surface area contributed by atoms with Gasteiger partial charge in [0.2, 0.25) is 0 Å². The van der Waals surface area contributed by atoms with Crippen molar-refractivity contribution in [2.45, 2.75) is 12.3 Å². The Morgan fingerprint density at radius 3 is 1.21 bits per heavy atom. The Labute approximate surface area is 353 Å². The summed E-state index contributed by atoms with van der Waals surface area (Å²) in [6.07, 6.45) is 0.0925. The van der Waals surface area contributed by atoms with Gasteiger partial charge in [-0.25, -0.2) is 7.85 Å². The van der Waals surface area contributed by atoms with E-state index in [1.165, 1.54) is 0 Å². The van der Waals surface area contributed by atoms with Crippen molar-refractivity contribution < 1.29 is 19.2 Å². The van der Waals surface area contributed by atoms with Crippen molar-refractivity contribution >= 4 is 231 Å². The molecule has 0 aliphatic carbocycles. The van der Waals surface area contributed by atoms with Crippen LogP contribution in [0.5, 0.6) is 0 Å². The van der Waals surface area contributed by atoms with Gasteiger partial charge in [-0.05, 0) is 198 Å². The van der Waals surface area contributed by atoms with Gasteiger partial charge in [0.25, 0.3) is 23.6 Å². The van der Waals surface area contributed by atoms with Crippen LogP contribution in [0.1, 0.15) is 64.0 Å². The molecule has 0 saturated heterocycles. The van der Waals surface area contributed by atoms with Crippen LogP contribution in [0.2, 0.25) is 0 Å². The lowest BCUT2D eigenvalue weighted by Gasteiger charge is -2.28. The second kappa shape index (κ2) is 13.5. The number of benzene rings is 3. The second-order valence-electron chi connectivity index (χ2n) is 8.80. The quantitative estimate of drug-likeness (QED) is 0.113. The molecule has 19 heteroatoms. The van der Waals surface area contributed by atoms with Crippen LogP contribution in [-0.2, 0) is 6.42 Å². The van der Waals surface area contributed by atoms with Crippen molar-refractivity contribution in [3.05, 3.63) is 88.1 Å². The van der Waals surface area contributed by atoms with Crippen LogP contribution >= 0.6 is 208 Å². The summed E-state index contributed by atoms with van der Waals surface area (Å²) < 4.78 is 8.01. The highest BCUT2D eigenvalue weighted by molar-refractivity contribution is 9.16. The van der Waals surface area contributed by atoms with Crippen LogP contribution in [0.4, 0.5) is 0 Å². The molecule has 5 rings (SSSR count). The second-order valence-corrected chi connectivity index (χ2v) is 18.9. The maximum atomic E-state index is 13.7. The molecule has 224 valence electrons. The van der Waals surface area contributed by atoms with Gasteiger partial charge in [0, 0.05) is 55.1 Å². The number of halogens is 13. The molecule has 1 atom stereocenters. The minimum Gasteiger partial charge on any atom is -0.268 e. The molecule has 1 unspecified atom stereocenters. The summed E-state index contributed by atoms with van der Waals surface area (Å²) >= 11 is 46.0. The molecule has 3 aromatic rings. The van der Waals surface area contributed by atoms with Crippen molar-refractivity contribution in [1.29, 1.82) is 0 Å². The SMILES string of the molecule is O=C1c2c(Br)c(Br)c(Br)c(CC(c3c(Br)c(Br)c(Br)c(Br)c3Br)c3c(Br)c(Br)c(Br)c4c3C(=O)N(Br)C4=O)c2C(=O)N1Br. The predicted molar refractivity (Wildman–Crippen MR) is 208 cm³/mol. The van der Waals surface area contributed by atoms with Crippen molar-refractivity contribution in [3.8, 4) is 0 Å². The summed E-state index contributed by atoms with van der Waals surface area (Å²) in [6, 6.07) is 0. The van der Waals surface area contributed by atoms with Gasteiger partial charge < -0.3 is 0 Å². The predicted octanol–water partition coefficient (Wildman–Crippen LogP) is 13.3. The molecule has 4 amide bonds. The highest BCUT2D eigenvalue weighted by Crippen LogP contribution is 2.55. The molecular formula is C24H3Br13N2O4. The number of imide groups is 2. The zero-order chi connectivity index (χ0) is 32.1. The van der Waals surface area contributed by atoms with E-state index < -0.39 is 29.5 Å². The minimum absolute atomic E-state index is 0.0925. The molecule has 0 aromatic heterocycles. The molecule has 6 nitrogen and oxygen atoms in total. The molecule has 0 spiro atoms. The lowest BCUT2D eigenvalue weighted by molar-refractivity contribution is 0.0768. The number of nitrogens with zero attached hydrogens (tertiary/aromatic N) is 2. The summed E-state index contributed by atoms with van der Waals surface area (Å²) in [5.74, 6) is -2.89. The van der Waals surface area contributed by atoms with Crippen LogP contribution in [0, 0.1) is 0 Å². The first-order valence-electron chi connectivity index (χ1n) is 11.0. The molecule has 0 bridgehead atoms. The van der Waals surface area contributed by atoms with Crippen LogP contribution in [0.25, 0.3) is 0 Å². The number of hydrogen-bond donors (Lipinski definition) is 0. The first kappa shape index (κ1) is 36.5. The Bertz CT molecular complexity index is 1870. The third-order valence-electron chi connectivity index (χ3n) is 6.70. The average molecular weight is 1420 g/mol. The normalized spacial score (nSPS) is 15.2. The number of carbonyl (C=O) groups is 4. The van der Waals surface area contributed by atoms with Crippen molar-refractivity contribution in [3.63, 3.8) is 0 Å². The standard InChI is InChI=1S/C24H3Br13N2O4/c25-10-3(5-8(14(29)16(10)31)23(42)38(36)21(5)40)1-2(6-12(27)18(33)20(35)19(34)13(6)28)4-7-9(15(30)17(32)11(4)26)24(43)39(37)22(7)41/h2H,1H2. The highest BCUT2D eigenvalue weighted by atomic mass is 79.9. The van der Waals surface area contributed by atoms with E-state index in [0.29, 0.717) is 61.4 Å². The van der Waals surface area contributed by atoms with Crippen molar-refractivity contribution in [1.82, 2.24) is 7.85 Å². The Hall–Kier alpha value is 2.18. The van der Waals surface area contributed by atoms with Gasteiger partial charge in [0.05, 0.1) is 54.5 Å². The van der Waals surface area contributed by atoms with Gasteiger partial charge in [-0.2, -0.15) is 0 Å². The molecule has 2 heterocycles. The molecule has 43 heavy (non-hydrogen) atoms. The zero-order valence-electron chi connectivity index (χ0n) is 19.7. The summed E-state index contributed by atoms with van der Waals surface area (Å²) in [6.45, 7) is 0. The average Bonchev–Trinajstić information content (AvgIpc) is 3.33. The van der Waals surface area contributed by atoms with Gasteiger partial charge in [0.1, 0.15) is 0 Å². The van der Waals surface area contributed by atoms with E-state index >= 15 is 0 Å². The van der Waals surface area contributed by atoms with Gasteiger partial charge in [-0.15, -0.1) is 0 Å². The summed E-state index contributed by atoms with van der Waals surface area (Å²) in [5, 5.41) is 0. The largest absolute Gasteiger partial charge is 0.272 e. The van der Waals surface area contributed by atoms with Gasteiger partial charge in [-0.3, -0.25) is 19.2 Å². The molecule has 2 aliphatic heterocycles. The lowest BCUT2D eigenvalue weighted by Crippen LogP contribution is -2.20. The third kappa shape index (κ3) is 5.63. The van der Waals surface area contributed by atoms with E-state index in [9.17, 15) is 19.2 Å². The zero-order valence-corrected chi connectivity index (χ0v) is 40.3. The van der Waals surface area contributed by atoms with Crippen molar-refractivity contribution in [2.24, 2.45) is 0 Å². The third-order valence-corrected chi connectivity index (χ3v) is 21.1. The van der Waals surface area contributed by atoms with Gasteiger partial charge in [-0.1, -0.05) is 0 Å². The van der Waals surface area contributed by atoms with E-state index in [4.69, 9.17) is 0 Å². The van der Waals surface area contributed by atoms with Crippen LogP contribution in [-0.4, -0.2) is 31.5 Å². The van der Waals surface area contributed by atoms with E-state index in [1.54, 1.807) is 0 Å². The van der Waals surface area contributed by atoms with Crippen molar-refractivity contribution in [2.75, 3.05) is 0 Å². The Balaban J connectivity index is 1.96. The minimum atomic E-state index is -0.714. The molecule has 0 saturated carbocycles. The molecule has 3 aromatic carbocycles. The van der Waals surface area contributed by atoms with Crippen LogP contribution < -0.4 is 0 Å². The number of carbonyl (C=O) groups excluding carboxylic acids is 4. The number of fused-ring (bicyclic) bond motifs is 2. The number of rotatable bonds is 4. The van der Waals surface area contributed by atoms with Gasteiger partial charge in [0.15, 0.2) is 0 Å². The molecule has 0 radical (unpaired) electrons. The Morgan fingerprint density at radius 1 is 0.395 bits per heavy atom. The smallest absolute Gasteiger partial charge is 0.268 e. The summed E-state index contributed by atoms with van der Waals surface area (Å²) in [5.41, 5.74) is 2.34. The number of amides is 4. The fraction of sp³-hybridized carbons (Fsp3) is 0.0833. The van der Waals surface area contributed by atoms with E-state index in [1.807, 2.05) is 0 Å². The maximum absolute atomic E-state index is 13.7. The van der Waals surface area contributed by atoms with Crippen LogP contribution in [0.3, 0.4) is 0 Å². The van der Waals surface area contributed by atoms with Crippen LogP contribution in [0.15, 0.2) is 49.2 Å². The van der Waals surface area contributed by atoms with E-state index in [0.717, 1.165) is 12.3 Å². The molecule has 2 aliphatic rings. The molecule has 0 fully saturated rings. The Kier molecular flexibility index (Phi) is 11.4. The maximum Gasteiger partial charge on any atom is 0.272 e. The fourth-order valence-electron chi connectivity index (χ4n) is 4.82. The Morgan fingerprint density at radius 2 is 0.721 bits per heavy atom. The van der Waals surface area contributed by atoms with Gasteiger partial charge >= 0.3 is 0 Å². The molecular weight excluding hydrogens is 1420 g/mol. The van der Waals surface area contributed by atoms with E-state index in [2.05, 4.69) is 208 Å². The summed E-state index contributed by atoms with van der Waals surface area (Å²) in [7, 11) is 0. The van der Waals surface area contributed by atoms with E-state index in [-0.39, 0.29) is 28.7 Å². The first-order valence-corrected chi connectivity index (χ1v) is 21.1. The number of hydrogen-bond acceptors (Lipinski definition) is 4. The fourth-order valence-corrected chi connectivity index (χ4v) is 12.9. The first-order chi connectivity index (χ1) is 20.0. The summed E-state index contributed by atoms with van der Waals surface area (Å²) in [4.78, 5) is 53.7. The molecule has 0 N–H and O–H groups in total. The topological polar surface area (TPSA) is 74.8 Å². The lowest BCUT2D eigenvalue weighted by atomic mass is 9.81.